The summed E-state index contributed by atoms with van der Waals surface area (Å²) in [6.07, 6.45) is 0. The molecule has 15 heavy (non-hydrogen) atoms. The number of hydrogen-bond donors (Lipinski definition) is 3. The van der Waals surface area contributed by atoms with Gasteiger partial charge in [-0.05, 0) is 30.7 Å². The van der Waals surface area contributed by atoms with Crippen LogP contribution in [-0.2, 0) is 0 Å². The summed E-state index contributed by atoms with van der Waals surface area (Å²) >= 11 is 0. The van der Waals surface area contributed by atoms with E-state index in [1.807, 2.05) is 0 Å². The van der Waals surface area contributed by atoms with Crippen molar-refractivity contribution in [1.29, 1.82) is 0 Å². The SMILES string of the molecule is Cc1cc(-c2nnc(N)n2N)ccc1O. The average Bonchev–Trinajstić information content (AvgIpc) is 2.53. The first-order valence-electron chi connectivity index (χ1n) is 4.35. The van der Waals surface area contributed by atoms with Crippen LogP contribution >= 0.6 is 0 Å². The van der Waals surface area contributed by atoms with Gasteiger partial charge < -0.3 is 16.7 Å². The van der Waals surface area contributed by atoms with E-state index in [1.165, 1.54) is 4.68 Å². The number of rotatable bonds is 1. The Hall–Kier alpha value is -2.24. The van der Waals surface area contributed by atoms with Crippen molar-refractivity contribution in [1.82, 2.24) is 14.9 Å². The fourth-order valence-corrected chi connectivity index (χ4v) is 1.29. The summed E-state index contributed by atoms with van der Waals surface area (Å²) in [5.74, 6) is 6.48. The van der Waals surface area contributed by atoms with Crippen molar-refractivity contribution in [3.63, 3.8) is 0 Å². The molecule has 2 aromatic rings. The number of nitrogens with two attached hydrogens (primary N) is 2. The van der Waals surface area contributed by atoms with E-state index in [0.717, 1.165) is 11.1 Å². The molecule has 0 aliphatic carbocycles. The number of anilines is 1. The van der Waals surface area contributed by atoms with Crippen LogP contribution in [0.25, 0.3) is 11.4 Å². The molecule has 1 heterocycles. The monoisotopic (exact) mass is 205 g/mol. The molecule has 6 heteroatoms. The van der Waals surface area contributed by atoms with Crippen LogP contribution in [0.4, 0.5) is 5.95 Å². The number of nitrogens with zero attached hydrogens (tertiary/aromatic N) is 3. The Morgan fingerprint density at radius 2 is 2.07 bits per heavy atom. The highest BCUT2D eigenvalue weighted by Crippen LogP contribution is 2.23. The van der Waals surface area contributed by atoms with Crippen molar-refractivity contribution in [2.24, 2.45) is 0 Å². The molecule has 0 aliphatic heterocycles. The van der Waals surface area contributed by atoms with E-state index in [-0.39, 0.29) is 11.7 Å². The molecule has 2 rings (SSSR count). The number of phenols is 1. The van der Waals surface area contributed by atoms with Gasteiger partial charge in [-0.3, -0.25) is 0 Å². The van der Waals surface area contributed by atoms with Gasteiger partial charge in [0, 0.05) is 5.56 Å². The maximum Gasteiger partial charge on any atom is 0.241 e. The first kappa shape index (κ1) is 9.32. The zero-order valence-electron chi connectivity index (χ0n) is 8.18. The molecule has 78 valence electrons. The lowest BCUT2D eigenvalue weighted by atomic mass is 10.1. The van der Waals surface area contributed by atoms with E-state index >= 15 is 0 Å². The predicted molar refractivity (Wildman–Crippen MR) is 56.4 cm³/mol. The molecule has 0 fully saturated rings. The second-order valence-corrected chi connectivity index (χ2v) is 3.25. The van der Waals surface area contributed by atoms with Crippen LogP contribution in [0.15, 0.2) is 18.2 Å². The smallest absolute Gasteiger partial charge is 0.241 e. The number of aromatic nitrogens is 3. The summed E-state index contributed by atoms with van der Waals surface area (Å²) in [6, 6.07) is 5.05. The minimum Gasteiger partial charge on any atom is -0.508 e. The van der Waals surface area contributed by atoms with Crippen LogP contribution in [0, 0.1) is 6.92 Å². The molecule has 0 aliphatic rings. The standard InChI is InChI=1S/C9H11N5O/c1-5-4-6(2-3-7(5)15)8-12-13-9(10)14(8)11/h2-4,15H,11H2,1H3,(H2,10,13). The maximum atomic E-state index is 9.37. The second-order valence-electron chi connectivity index (χ2n) is 3.25. The van der Waals surface area contributed by atoms with Gasteiger partial charge in [0.05, 0.1) is 0 Å². The number of phenolic OH excluding ortho intramolecular Hbond substituents is 1. The van der Waals surface area contributed by atoms with Crippen LogP contribution in [0.1, 0.15) is 5.56 Å². The molecule has 0 amide bonds. The molecular formula is C9H11N5O. The predicted octanol–water partition coefficient (Wildman–Crippen LogP) is 0.255. The molecule has 1 aromatic heterocycles. The summed E-state index contributed by atoms with van der Waals surface area (Å²) in [5, 5.41) is 16.9. The molecule has 0 radical (unpaired) electrons. The third kappa shape index (κ3) is 1.45. The van der Waals surface area contributed by atoms with Crippen molar-refractivity contribution in [3.05, 3.63) is 23.8 Å². The minimum atomic E-state index is 0.149. The Bertz CT molecular complexity index is 505. The summed E-state index contributed by atoms with van der Waals surface area (Å²) in [6.45, 7) is 1.79. The van der Waals surface area contributed by atoms with Crippen LogP contribution in [0.2, 0.25) is 0 Å². The zero-order valence-corrected chi connectivity index (χ0v) is 8.18. The highest BCUT2D eigenvalue weighted by atomic mass is 16.3. The number of benzene rings is 1. The molecule has 5 N–H and O–H groups in total. The van der Waals surface area contributed by atoms with Crippen molar-refractivity contribution in [3.8, 4) is 17.1 Å². The van der Waals surface area contributed by atoms with E-state index in [1.54, 1.807) is 25.1 Å². The van der Waals surface area contributed by atoms with Crippen molar-refractivity contribution >= 4 is 5.95 Å². The highest BCUT2D eigenvalue weighted by molar-refractivity contribution is 5.60. The first-order valence-corrected chi connectivity index (χ1v) is 4.35. The summed E-state index contributed by atoms with van der Waals surface area (Å²) in [7, 11) is 0. The summed E-state index contributed by atoms with van der Waals surface area (Å²) < 4.78 is 1.20. The molecule has 1 aromatic carbocycles. The van der Waals surface area contributed by atoms with Gasteiger partial charge in [-0.15, -0.1) is 10.2 Å². The van der Waals surface area contributed by atoms with Crippen LogP contribution in [0.3, 0.4) is 0 Å². The molecule has 0 spiro atoms. The van der Waals surface area contributed by atoms with Gasteiger partial charge in [0.25, 0.3) is 0 Å². The highest BCUT2D eigenvalue weighted by Gasteiger charge is 2.09. The van der Waals surface area contributed by atoms with E-state index in [2.05, 4.69) is 10.2 Å². The van der Waals surface area contributed by atoms with E-state index in [9.17, 15) is 5.11 Å². The van der Waals surface area contributed by atoms with Gasteiger partial charge in [0.15, 0.2) is 5.82 Å². The molecule has 6 nitrogen and oxygen atoms in total. The Morgan fingerprint density at radius 1 is 1.33 bits per heavy atom. The maximum absolute atomic E-state index is 9.37. The van der Waals surface area contributed by atoms with E-state index < -0.39 is 0 Å². The van der Waals surface area contributed by atoms with Gasteiger partial charge in [-0.25, -0.2) is 4.68 Å². The van der Waals surface area contributed by atoms with Crippen LogP contribution in [0.5, 0.6) is 5.75 Å². The number of nitrogen functional groups attached to an aromatic ring is 2. The second kappa shape index (κ2) is 3.16. The quantitative estimate of drug-likeness (QED) is 0.579. The largest absolute Gasteiger partial charge is 0.508 e. The van der Waals surface area contributed by atoms with Gasteiger partial charge in [0.1, 0.15) is 5.75 Å². The molecule has 0 atom stereocenters. The summed E-state index contributed by atoms with van der Waals surface area (Å²) in [4.78, 5) is 0. The third-order valence-electron chi connectivity index (χ3n) is 2.18. The lowest BCUT2D eigenvalue weighted by Crippen LogP contribution is -2.13. The fourth-order valence-electron chi connectivity index (χ4n) is 1.29. The normalized spacial score (nSPS) is 10.5. The lowest BCUT2D eigenvalue weighted by molar-refractivity contribution is 0.471. The lowest BCUT2D eigenvalue weighted by Gasteiger charge is -2.03. The number of aryl methyl sites for hydroxylation is 1. The van der Waals surface area contributed by atoms with Crippen molar-refractivity contribution < 1.29 is 5.11 Å². The molecule has 0 saturated heterocycles. The Labute approximate surface area is 86.1 Å². The molecule has 0 saturated carbocycles. The number of aromatic hydroxyl groups is 1. The Balaban J connectivity index is 2.55. The van der Waals surface area contributed by atoms with Gasteiger partial charge in [-0.1, -0.05) is 0 Å². The van der Waals surface area contributed by atoms with Crippen molar-refractivity contribution in [2.75, 3.05) is 11.6 Å². The van der Waals surface area contributed by atoms with Crippen LogP contribution < -0.4 is 11.6 Å². The zero-order chi connectivity index (χ0) is 11.0. The Kier molecular flexibility index (Phi) is 1.96. The molecule has 0 bridgehead atoms. The van der Waals surface area contributed by atoms with Gasteiger partial charge in [-0.2, -0.15) is 0 Å². The minimum absolute atomic E-state index is 0.149. The average molecular weight is 205 g/mol. The molecule has 0 unspecified atom stereocenters. The van der Waals surface area contributed by atoms with Gasteiger partial charge in [0.2, 0.25) is 5.95 Å². The first-order chi connectivity index (χ1) is 7.09. The molecular weight excluding hydrogens is 194 g/mol. The van der Waals surface area contributed by atoms with E-state index in [0.29, 0.717) is 5.82 Å². The van der Waals surface area contributed by atoms with Crippen LogP contribution in [-0.4, -0.2) is 20.0 Å². The van der Waals surface area contributed by atoms with Gasteiger partial charge >= 0.3 is 0 Å². The van der Waals surface area contributed by atoms with E-state index in [4.69, 9.17) is 11.6 Å². The summed E-state index contributed by atoms with van der Waals surface area (Å²) in [5.41, 5.74) is 6.97. The fraction of sp³-hybridized carbons (Fsp3) is 0.111. The topological polar surface area (TPSA) is 103 Å². The third-order valence-corrected chi connectivity index (χ3v) is 2.18. The Morgan fingerprint density at radius 3 is 2.60 bits per heavy atom. The number of hydrogen-bond acceptors (Lipinski definition) is 5. The van der Waals surface area contributed by atoms with Crippen molar-refractivity contribution in [2.45, 2.75) is 6.92 Å².